The summed E-state index contributed by atoms with van der Waals surface area (Å²) in [6, 6.07) is 15.2. The zero-order chi connectivity index (χ0) is 27.2. The number of alkyl halides is 3. The highest BCUT2D eigenvalue weighted by atomic mass is 19.4. The maximum Gasteiger partial charge on any atom is 0.416 e. The number of para-hydroxylation sites is 2. The fraction of sp³-hybridized carbons (Fsp3) is 0.222. The number of aromatic nitrogens is 2. The van der Waals surface area contributed by atoms with Crippen molar-refractivity contribution >= 4 is 22.6 Å². The van der Waals surface area contributed by atoms with Gasteiger partial charge in [-0.05, 0) is 42.3 Å². The molecule has 7 nitrogen and oxygen atoms in total. The van der Waals surface area contributed by atoms with Crippen LogP contribution in [0, 0.1) is 17.1 Å². The van der Waals surface area contributed by atoms with Gasteiger partial charge in [-0.3, -0.25) is 13.9 Å². The SMILES string of the molecule is N#Cc1cccc(F)c1N1CCC(n2c(=O)n(Cc3ccccc3C(F)(F)F)c3c(C(N)=O)cccc32)C1. The average Bonchev–Trinajstić information content (AvgIpc) is 3.45. The minimum Gasteiger partial charge on any atom is -0.366 e. The van der Waals surface area contributed by atoms with Crippen LogP contribution in [0.1, 0.15) is 39.5 Å². The summed E-state index contributed by atoms with van der Waals surface area (Å²) >= 11 is 0. The van der Waals surface area contributed by atoms with Crippen molar-refractivity contribution in [2.45, 2.75) is 25.2 Å². The minimum atomic E-state index is -4.64. The van der Waals surface area contributed by atoms with E-state index in [1.165, 1.54) is 47.0 Å². The molecule has 1 unspecified atom stereocenters. The Bertz CT molecular complexity index is 1660. The minimum absolute atomic E-state index is 0.00133. The van der Waals surface area contributed by atoms with E-state index in [0.717, 1.165) is 10.6 Å². The molecule has 0 bridgehead atoms. The summed E-state index contributed by atoms with van der Waals surface area (Å²) in [6.45, 7) is 0.0744. The van der Waals surface area contributed by atoms with E-state index in [4.69, 9.17) is 5.73 Å². The van der Waals surface area contributed by atoms with Gasteiger partial charge in [0, 0.05) is 13.1 Å². The Labute approximate surface area is 213 Å². The molecule has 0 spiro atoms. The Balaban J connectivity index is 1.64. The number of benzene rings is 3. The van der Waals surface area contributed by atoms with Crippen molar-refractivity contribution in [3.63, 3.8) is 0 Å². The number of carbonyl (C=O) groups excluding carboxylic acids is 1. The number of fused-ring (bicyclic) bond motifs is 1. The van der Waals surface area contributed by atoms with Crippen molar-refractivity contribution < 1.29 is 22.4 Å². The number of rotatable bonds is 5. The van der Waals surface area contributed by atoms with E-state index < -0.39 is 41.7 Å². The van der Waals surface area contributed by atoms with E-state index in [2.05, 4.69) is 0 Å². The zero-order valence-corrected chi connectivity index (χ0v) is 19.9. The molecule has 11 heteroatoms. The second-order valence-electron chi connectivity index (χ2n) is 9.07. The summed E-state index contributed by atoms with van der Waals surface area (Å²) in [5.74, 6) is -1.40. The van der Waals surface area contributed by atoms with E-state index >= 15 is 0 Å². The van der Waals surface area contributed by atoms with Crippen LogP contribution in [0.4, 0.5) is 23.2 Å². The molecule has 1 aliphatic rings. The highest BCUT2D eigenvalue weighted by Gasteiger charge is 2.35. The molecule has 38 heavy (non-hydrogen) atoms. The molecule has 0 radical (unpaired) electrons. The smallest absolute Gasteiger partial charge is 0.366 e. The third-order valence-corrected chi connectivity index (χ3v) is 6.85. The summed E-state index contributed by atoms with van der Waals surface area (Å²) in [4.78, 5) is 27.7. The van der Waals surface area contributed by atoms with Crippen LogP contribution < -0.4 is 16.3 Å². The number of imidazole rings is 1. The van der Waals surface area contributed by atoms with Crippen LogP contribution in [-0.4, -0.2) is 28.1 Å². The first kappa shape index (κ1) is 25.1. The van der Waals surface area contributed by atoms with Gasteiger partial charge in [0.1, 0.15) is 11.9 Å². The normalized spacial score (nSPS) is 15.7. The highest BCUT2D eigenvalue weighted by molar-refractivity contribution is 6.04. The van der Waals surface area contributed by atoms with Crippen molar-refractivity contribution in [2.75, 3.05) is 18.0 Å². The molecule has 0 aliphatic carbocycles. The predicted octanol–water partition coefficient (Wildman–Crippen LogP) is 4.43. The molecule has 0 saturated carbocycles. The first-order valence-electron chi connectivity index (χ1n) is 11.7. The zero-order valence-electron chi connectivity index (χ0n) is 19.9. The van der Waals surface area contributed by atoms with E-state index in [1.54, 1.807) is 17.0 Å². The van der Waals surface area contributed by atoms with Gasteiger partial charge in [0.25, 0.3) is 5.91 Å². The van der Waals surface area contributed by atoms with Gasteiger partial charge in [-0.15, -0.1) is 0 Å². The maximum atomic E-state index is 14.7. The Kier molecular flexibility index (Phi) is 6.18. The highest BCUT2D eigenvalue weighted by Crippen LogP contribution is 2.35. The lowest BCUT2D eigenvalue weighted by Crippen LogP contribution is -2.30. The largest absolute Gasteiger partial charge is 0.416 e. The van der Waals surface area contributed by atoms with Crippen LogP contribution in [-0.2, 0) is 12.7 Å². The lowest BCUT2D eigenvalue weighted by atomic mass is 10.1. The summed E-state index contributed by atoms with van der Waals surface area (Å²) in [5.41, 5.74) is 4.67. The summed E-state index contributed by atoms with van der Waals surface area (Å²) in [7, 11) is 0. The van der Waals surface area contributed by atoms with E-state index in [0.29, 0.717) is 18.5 Å². The molecule has 4 aromatic rings. The topological polar surface area (TPSA) is 97.1 Å². The van der Waals surface area contributed by atoms with Gasteiger partial charge in [-0.25, -0.2) is 9.18 Å². The lowest BCUT2D eigenvalue weighted by molar-refractivity contribution is -0.138. The van der Waals surface area contributed by atoms with E-state index in [-0.39, 0.29) is 34.4 Å². The Hall–Kier alpha value is -4.59. The summed E-state index contributed by atoms with van der Waals surface area (Å²) in [5, 5.41) is 9.45. The molecular formula is C27H21F4N5O2. The van der Waals surface area contributed by atoms with Crippen LogP contribution in [0.2, 0.25) is 0 Å². The maximum absolute atomic E-state index is 14.7. The number of hydrogen-bond donors (Lipinski definition) is 1. The van der Waals surface area contributed by atoms with Gasteiger partial charge < -0.3 is 10.6 Å². The first-order valence-corrected chi connectivity index (χ1v) is 11.7. The van der Waals surface area contributed by atoms with E-state index in [1.807, 2.05) is 6.07 Å². The number of halogens is 4. The van der Waals surface area contributed by atoms with Crippen LogP contribution >= 0.6 is 0 Å². The van der Waals surface area contributed by atoms with Gasteiger partial charge in [0.15, 0.2) is 0 Å². The van der Waals surface area contributed by atoms with Gasteiger partial charge in [0.05, 0.1) is 46.0 Å². The van der Waals surface area contributed by atoms with Crippen molar-refractivity contribution in [2.24, 2.45) is 5.73 Å². The monoisotopic (exact) mass is 523 g/mol. The Morgan fingerprint density at radius 2 is 1.82 bits per heavy atom. The molecule has 1 saturated heterocycles. The van der Waals surface area contributed by atoms with Gasteiger partial charge in [0.2, 0.25) is 0 Å². The number of nitrogens with zero attached hydrogens (tertiary/aromatic N) is 4. The molecule has 1 atom stereocenters. The number of anilines is 1. The summed E-state index contributed by atoms with van der Waals surface area (Å²) in [6.07, 6.45) is -4.24. The van der Waals surface area contributed by atoms with Crippen molar-refractivity contribution in [1.29, 1.82) is 5.26 Å². The van der Waals surface area contributed by atoms with Gasteiger partial charge >= 0.3 is 11.9 Å². The lowest BCUT2D eigenvalue weighted by Gasteiger charge is -2.21. The molecule has 2 N–H and O–H groups in total. The molecule has 1 fully saturated rings. The molecule has 194 valence electrons. The van der Waals surface area contributed by atoms with Crippen LogP contribution in [0.5, 0.6) is 0 Å². The number of nitriles is 1. The Morgan fingerprint density at radius 1 is 1.08 bits per heavy atom. The molecule has 1 aromatic heterocycles. The fourth-order valence-corrected chi connectivity index (χ4v) is 5.22. The van der Waals surface area contributed by atoms with Crippen molar-refractivity contribution in [3.05, 3.63) is 99.2 Å². The van der Waals surface area contributed by atoms with E-state index in [9.17, 15) is 32.4 Å². The third-order valence-electron chi connectivity index (χ3n) is 6.85. The molecule has 5 rings (SSSR count). The summed E-state index contributed by atoms with van der Waals surface area (Å²) < 4.78 is 58.3. The van der Waals surface area contributed by atoms with Crippen LogP contribution in [0.3, 0.4) is 0 Å². The number of amides is 1. The number of nitrogens with two attached hydrogens (primary N) is 1. The average molecular weight is 523 g/mol. The van der Waals surface area contributed by atoms with Crippen LogP contribution in [0.25, 0.3) is 11.0 Å². The first-order chi connectivity index (χ1) is 18.1. The molecule has 2 heterocycles. The molecular weight excluding hydrogens is 502 g/mol. The Morgan fingerprint density at radius 3 is 2.53 bits per heavy atom. The van der Waals surface area contributed by atoms with Crippen molar-refractivity contribution in [3.8, 4) is 6.07 Å². The third kappa shape index (κ3) is 4.18. The molecule has 1 aliphatic heterocycles. The number of hydrogen-bond acceptors (Lipinski definition) is 4. The van der Waals surface area contributed by atoms with Crippen LogP contribution in [0.15, 0.2) is 65.5 Å². The van der Waals surface area contributed by atoms with Gasteiger partial charge in [-0.1, -0.05) is 30.3 Å². The second-order valence-corrected chi connectivity index (χ2v) is 9.07. The molecule has 1 amide bonds. The quantitative estimate of drug-likeness (QED) is 0.392. The van der Waals surface area contributed by atoms with Gasteiger partial charge in [-0.2, -0.15) is 18.4 Å². The fourth-order valence-electron chi connectivity index (χ4n) is 5.22. The second kappa shape index (κ2) is 9.37. The standard InChI is InChI=1S/C27H21F4N5O2/c28-21-9-3-6-16(13-32)23(21)34-12-11-18(15-34)36-22-10-4-7-19(25(33)37)24(22)35(26(36)38)14-17-5-1-2-8-20(17)27(29,30)31/h1-10,18H,11-12,14-15H2,(H2,33,37). The molecule has 3 aromatic carbocycles. The number of primary amides is 1. The van der Waals surface area contributed by atoms with Crippen molar-refractivity contribution in [1.82, 2.24) is 9.13 Å². The predicted molar refractivity (Wildman–Crippen MR) is 132 cm³/mol. The number of carbonyl (C=O) groups is 1.